The molecule has 0 spiro atoms. The van der Waals surface area contributed by atoms with Crippen LogP contribution < -0.4 is 0 Å². The van der Waals surface area contributed by atoms with Crippen LogP contribution in [0.25, 0.3) is 21.8 Å². The Kier molecular flexibility index (Phi) is 6.42. The van der Waals surface area contributed by atoms with Crippen molar-refractivity contribution < 1.29 is 4.79 Å². The number of carbonyl (C=O) groups excluding carboxylic acids is 1. The lowest BCUT2D eigenvalue weighted by atomic mass is 10.0. The number of likely N-dealkylation sites (N-methyl/N-ethyl adjacent to an activating group) is 1. The molecule has 2 fully saturated rings. The summed E-state index contributed by atoms with van der Waals surface area (Å²) in [6, 6.07) is 5.54. The Morgan fingerprint density at radius 1 is 1.11 bits per heavy atom. The Bertz CT molecular complexity index is 1250. The first-order valence-corrected chi connectivity index (χ1v) is 14.3. The molecule has 8 heteroatoms. The molecule has 0 aromatic carbocycles. The summed E-state index contributed by atoms with van der Waals surface area (Å²) in [5, 5.41) is 6.24. The Labute approximate surface area is 217 Å². The van der Waals surface area contributed by atoms with Crippen LogP contribution in [0.15, 0.2) is 18.3 Å². The third-order valence-electron chi connectivity index (χ3n) is 7.98. The van der Waals surface area contributed by atoms with E-state index in [1.807, 2.05) is 20.3 Å². The molecule has 2 aliphatic carbocycles. The highest BCUT2D eigenvalue weighted by atomic mass is 32.1. The Morgan fingerprint density at radius 2 is 1.92 bits per heavy atom. The zero-order valence-corrected chi connectivity index (χ0v) is 22.5. The van der Waals surface area contributed by atoms with Gasteiger partial charge in [0.2, 0.25) is 5.91 Å². The molecule has 0 atom stereocenters. The SMILES string of the molecule is CCc1ccc(-c2nn(C3CCN(C4CC4)CC3)c3c2CCCc2nc(CC(=O)N(C)C)sc2-3)cn1. The van der Waals surface area contributed by atoms with Crippen LogP contribution in [0.2, 0.25) is 0 Å². The van der Waals surface area contributed by atoms with Crippen LogP contribution in [0.4, 0.5) is 0 Å². The largest absolute Gasteiger partial charge is 0.348 e. The third kappa shape index (κ3) is 4.50. The second-order valence-electron chi connectivity index (χ2n) is 10.7. The number of fused-ring (bicyclic) bond motifs is 3. The number of hydrogen-bond acceptors (Lipinski definition) is 6. The molecular weight excluding hydrogens is 468 g/mol. The van der Waals surface area contributed by atoms with Gasteiger partial charge in [-0.25, -0.2) is 4.98 Å². The lowest BCUT2D eigenvalue weighted by Crippen LogP contribution is -2.36. The van der Waals surface area contributed by atoms with E-state index in [1.54, 1.807) is 16.2 Å². The Balaban J connectivity index is 1.42. The summed E-state index contributed by atoms with van der Waals surface area (Å²) in [5.74, 6) is 0.0999. The number of pyridine rings is 1. The summed E-state index contributed by atoms with van der Waals surface area (Å²) < 4.78 is 2.35. The summed E-state index contributed by atoms with van der Waals surface area (Å²) in [5.41, 5.74) is 7.02. The predicted octanol–water partition coefficient (Wildman–Crippen LogP) is 4.55. The maximum atomic E-state index is 12.4. The van der Waals surface area contributed by atoms with Crippen LogP contribution in [-0.4, -0.2) is 68.7 Å². The van der Waals surface area contributed by atoms with Crippen molar-refractivity contribution in [2.45, 2.75) is 76.8 Å². The molecule has 6 rings (SSSR count). The quantitative estimate of drug-likeness (QED) is 0.493. The number of rotatable bonds is 6. The van der Waals surface area contributed by atoms with Gasteiger partial charge in [-0.2, -0.15) is 5.10 Å². The number of hydrogen-bond donors (Lipinski definition) is 0. The first-order chi connectivity index (χ1) is 17.5. The highest BCUT2D eigenvalue weighted by Gasteiger charge is 2.35. The van der Waals surface area contributed by atoms with Crippen LogP contribution in [0.3, 0.4) is 0 Å². The zero-order valence-electron chi connectivity index (χ0n) is 21.7. The van der Waals surface area contributed by atoms with Crippen molar-refractivity contribution in [3.63, 3.8) is 0 Å². The molecule has 7 nitrogen and oxygen atoms in total. The molecule has 0 unspecified atom stereocenters. The molecule has 1 aliphatic heterocycles. The first-order valence-electron chi connectivity index (χ1n) is 13.5. The summed E-state index contributed by atoms with van der Waals surface area (Å²) >= 11 is 1.70. The fraction of sp³-hybridized carbons (Fsp3) is 0.571. The normalized spacial score (nSPS) is 18.5. The lowest BCUT2D eigenvalue weighted by Gasteiger charge is -2.32. The monoisotopic (exact) mass is 504 g/mol. The zero-order chi connectivity index (χ0) is 24.8. The van der Waals surface area contributed by atoms with Gasteiger partial charge in [0, 0.05) is 56.2 Å². The molecule has 0 N–H and O–H groups in total. The molecule has 1 saturated heterocycles. The summed E-state index contributed by atoms with van der Waals surface area (Å²) in [6.45, 7) is 4.45. The van der Waals surface area contributed by atoms with Gasteiger partial charge < -0.3 is 9.80 Å². The number of piperidine rings is 1. The van der Waals surface area contributed by atoms with Crippen LogP contribution in [-0.2, 0) is 30.5 Å². The van der Waals surface area contributed by atoms with E-state index in [1.165, 1.54) is 29.0 Å². The number of amides is 1. The molecule has 0 bridgehead atoms. The molecule has 1 amide bonds. The van der Waals surface area contributed by atoms with E-state index >= 15 is 0 Å². The maximum absolute atomic E-state index is 12.4. The van der Waals surface area contributed by atoms with E-state index < -0.39 is 0 Å². The van der Waals surface area contributed by atoms with Crippen LogP contribution in [0.1, 0.15) is 67.0 Å². The number of aryl methyl sites for hydroxylation is 2. The van der Waals surface area contributed by atoms with Crippen molar-refractivity contribution in [1.29, 1.82) is 0 Å². The van der Waals surface area contributed by atoms with Gasteiger partial charge in [-0.3, -0.25) is 14.5 Å². The topological polar surface area (TPSA) is 67.2 Å². The average Bonchev–Trinajstić information content (AvgIpc) is 3.61. The van der Waals surface area contributed by atoms with Gasteiger partial charge in [0.1, 0.15) is 5.01 Å². The fourth-order valence-corrected chi connectivity index (χ4v) is 6.87. The number of carbonyl (C=O) groups is 1. The van der Waals surface area contributed by atoms with E-state index in [2.05, 4.69) is 28.6 Å². The smallest absolute Gasteiger partial charge is 0.228 e. The van der Waals surface area contributed by atoms with Gasteiger partial charge in [-0.15, -0.1) is 11.3 Å². The molecule has 36 heavy (non-hydrogen) atoms. The van der Waals surface area contributed by atoms with Gasteiger partial charge >= 0.3 is 0 Å². The Hall–Kier alpha value is -2.58. The fourth-order valence-electron chi connectivity index (χ4n) is 5.70. The van der Waals surface area contributed by atoms with Crippen LogP contribution >= 0.6 is 11.3 Å². The van der Waals surface area contributed by atoms with Gasteiger partial charge in [0.15, 0.2) is 0 Å². The van der Waals surface area contributed by atoms with Crippen molar-refractivity contribution in [3.8, 4) is 21.8 Å². The van der Waals surface area contributed by atoms with Gasteiger partial charge in [0.05, 0.1) is 34.4 Å². The van der Waals surface area contributed by atoms with Crippen molar-refractivity contribution >= 4 is 17.2 Å². The minimum atomic E-state index is 0.0999. The molecule has 190 valence electrons. The number of aromatic nitrogens is 4. The molecule has 3 aromatic heterocycles. The second kappa shape index (κ2) is 9.71. The van der Waals surface area contributed by atoms with Crippen LogP contribution in [0, 0.1) is 0 Å². The first kappa shape index (κ1) is 23.8. The minimum absolute atomic E-state index is 0.0999. The predicted molar refractivity (Wildman–Crippen MR) is 143 cm³/mol. The highest BCUT2D eigenvalue weighted by molar-refractivity contribution is 7.15. The standard InChI is InChI=1S/C28H36N6OS/c1-4-19-9-8-18(17-29-19)26-22-6-5-7-23-28(36-24(30-23)16-25(35)32(2)3)27(22)34(31-26)21-12-14-33(15-13-21)20-10-11-20/h8-9,17,20-21H,4-7,10-16H2,1-3H3. The van der Waals surface area contributed by atoms with Crippen molar-refractivity contribution in [1.82, 2.24) is 29.5 Å². The van der Waals surface area contributed by atoms with Crippen molar-refractivity contribution in [2.75, 3.05) is 27.2 Å². The average molecular weight is 505 g/mol. The van der Waals surface area contributed by atoms with E-state index in [0.717, 1.165) is 85.3 Å². The van der Waals surface area contributed by atoms with Crippen LogP contribution in [0.5, 0.6) is 0 Å². The third-order valence-corrected chi connectivity index (χ3v) is 9.08. The van der Waals surface area contributed by atoms with E-state index in [9.17, 15) is 4.79 Å². The van der Waals surface area contributed by atoms with E-state index in [4.69, 9.17) is 15.1 Å². The number of thiazole rings is 1. The van der Waals surface area contributed by atoms with Gasteiger partial charge in [0.25, 0.3) is 0 Å². The van der Waals surface area contributed by atoms with E-state index in [-0.39, 0.29) is 5.91 Å². The summed E-state index contributed by atoms with van der Waals surface area (Å²) in [6.07, 6.45) is 11.3. The second-order valence-corrected chi connectivity index (χ2v) is 11.8. The molecule has 3 aromatic rings. The van der Waals surface area contributed by atoms with E-state index in [0.29, 0.717) is 12.5 Å². The van der Waals surface area contributed by atoms with Crippen molar-refractivity contribution in [2.24, 2.45) is 0 Å². The molecule has 3 aliphatic rings. The summed E-state index contributed by atoms with van der Waals surface area (Å²) in [7, 11) is 3.62. The molecule has 4 heterocycles. The molecular formula is C28H36N6OS. The lowest BCUT2D eigenvalue weighted by molar-refractivity contribution is -0.127. The van der Waals surface area contributed by atoms with Crippen molar-refractivity contribution in [3.05, 3.63) is 40.3 Å². The minimum Gasteiger partial charge on any atom is -0.348 e. The number of nitrogens with zero attached hydrogens (tertiary/aromatic N) is 6. The Morgan fingerprint density at radius 3 is 2.58 bits per heavy atom. The molecule has 0 radical (unpaired) electrons. The molecule has 1 saturated carbocycles. The number of likely N-dealkylation sites (tertiary alicyclic amines) is 1. The van der Waals surface area contributed by atoms with Gasteiger partial charge in [-0.05, 0) is 63.5 Å². The highest BCUT2D eigenvalue weighted by Crippen LogP contribution is 2.44. The summed E-state index contributed by atoms with van der Waals surface area (Å²) in [4.78, 5) is 27.7. The maximum Gasteiger partial charge on any atom is 0.228 e. The van der Waals surface area contributed by atoms with Gasteiger partial charge in [-0.1, -0.05) is 6.92 Å².